The molecule has 2 atom stereocenters. The molecule has 2 unspecified atom stereocenters. The maximum Gasteiger partial charge on any atom is 0.499 e. The van der Waals surface area contributed by atoms with E-state index >= 15 is 0 Å². The van der Waals surface area contributed by atoms with E-state index in [2.05, 4.69) is 14.1 Å². The third-order valence-electron chi connectivity index (χ3n) is 0.774. The Kier molecular flexibility index (Phi) is 1.88. The lowest BCUT2D eigenvalue weighted by atomic mass is 10.5. The zero-order valence-electron chi connectivity index (χ0n) is 4.81. The quantitative estimate of drug-likeness (QED) is 0.405. The number of hydrogen-bond acceptors (Lipinski definition) is 4. The number of rotatable bonds is 0. The van der Waals surface area contributed by atoms with E-state index in [1.807, 2.05) is 0 Å². The summed E-state index contributed by atoms with van der Waals surface area (Å²) in [5.41, 5.74) is 0. The first-order chi connectivity index (χ1) is 4.10. The summed E-state index contributed by atoms with van der Waals surface area (Å²) >= 11 is 0. The summed E-state index contributed by atoms with van der Waals surface area (Å²) in [6, 6.07) is 0. The minimum Gasteiger partial charge on any atom is -0.301 e. The van der Waals surface area contributed by atoms with E-state index in [1.54, 1.807) is 6.92 Å². The first kappa shape index (κ1) is 7.18. The van der Waals surface area contributed by atoms with E-state index in [0.717, 1.165) is 0 Å². The van der Waals surface area contributed by atoms with Crippen LogP contribution in [0.4, 0.5) is 0 Å². The van der Waals surface area contributed by atoms with Crippen LogP contribution < -0.4 is 0 Å². The van der Waals surface area contributed by atoms with Crippen molar-refractivity contribution in [3.05, 3.63) is 0 Å². The van der Waals surface area contributed by atoms with Crippen LogP contribution in [0, 0.1) is 0 Å². The van der Waals surface area contributed by atoms with Crippen molar-refractivity contribution in [1.82, 2.24) is 0 Å². The van der Waals surface area contributed by atoms with Gasteiger partial charge in [0.05, 0.1) is 6.61 Å². The van der Waals surface area contributed by atoms with Gasteiger partial charge in [-0.25, -0.2) is 9.45 Å². The lowest BCUT2D eigenvalue weighted by molar-refractivity contribution is -0.283. The zero-order chi connectivity index (χ0) is 6.91. The molecule has 0 amide bonds. The lowest BCUT2D eigenvalue weighted by Crippen LogP contribution is -2.20. The predicted octanol–water partition coefficient (Wildman–Crippen LogP) is 0.454. The summed E-state index contributed by atoms with van der Waals surface area (Å²) in [6.45, 7) is 1.76. The van der Waals surface area contributed by atoms with Crippen LogP contribution in [-0.4, -0.2) is 17.6 Å². The second-order valence-electron chi connectivity index (χ2n) is 1.75. The molecule has 1 aliphatic heterocycles. The van der Waals surface area contributed by atoms with Gasteiger partial charge in [0.1, 0.15) is 6.10 Å². The molecule has 5 nitrogen and oxygen atoms in total. The predicted molar refractivity (Wildman–Crippen MR) is 27.4 cm³/mol. The third-order valence-corrected chi connectivity index (χ3v) is 1.52. The molecule has 0 aromatic carbocycles. The standard InChI is InChI=1S/C3H7O5P/c1-3-2-6-9(4,5)8-7-3/h3H,2H2,1H3,(H,4,5). The monoisotopic (exact) mass is 154 g/mol. The van der Waals surface area contributed by atoms with Crippen molar-refractivity contribution in [2.75, 3.05) is 6.61 Å². The molecule has 1 rings (SSSR count). The van der Waals surface area contributed by atoms with Gasteiger partial charge < -0.3 is 4.89 Å². The van der Waals surface area contributed by atoms with Crippen LogP contribution in [0.5, 0.6) is 0 Å². The van der Waals surface area contributed by atoms with Gasteiger partial charge in [-0.2, -0.15) is 0 Å². The van der Waals surface area contributed by atoms with Gasteiger partial charge in [0.25, 0.3) is 0 Å². The van der Waals surface area contributed by atoms with Gasteiger partial charge in [-0.15, -0.1) is 4.67 Å². The first-order valence-corrected chi connectivity index (χ1v) is 3.92. The van der Waals surface area contributed by atoms with E-state index in [-0.39, 0.29) is 12.7 Å². The van der Waals surface area contributed by atoms with Crippen molar-refractivity contribution in [3.8, 4) is 0 Å². The highest BCUT2D eigenvalue weighted by Crippen LogP contribution is 2.46. The van der Waals surface area contributed by atoms with Crippen molar-refractivity contribution in [2.24, 2.45) is 0 Å². The van der Waals surface area contributed by atoms with Gasteiger partial charge in [0.2, 0.25) is 0 Å². The molecule has 0 radical (unpaired) electrons. The van der Waals surface area contributed by atoms with Crippen LogP contribution in [-0.2, 0) is 18.7 Å². The molecular weight excluding hydrogens is 147 g/mol. The summed E-state index contributed by atoms with van der Waals surface area (Å²) in [4.78, 5) is 12.8. The van der Waals surface area contributed by atoms with Crippen molar-refractivity contribution in [1.29, 1.82) is 0 Å². The third kappa shape index (κ3) is 2.04. The molecule has 1 aliphatic rings. The summed E-state index contributed by atoms with van der Waals surface area (Å²) in [6.07, 6.45) is -0.278. The Morgan fingerprint density at radius 3 is 2.78 bits per heavy atom. The molecule has 0 aromatic heterocycles. The average molecular weight is 154 g/mol. The summed E-state index contributed by atoms with van der Waals surface area (Å²) < 4.78 is 18.7. The van der Waals surface area contributed by atoms with Gasteiger partial charge in [0.15, 0.2) is 0 Å². The fourth-order valence-electron chi connectivity index (χ4n) is 0.376. The Hall–Kier alpha value is 0.0700. The van der Waals surface area contributed by atoms with Crippen molar-refractivity contribution < 1.29 is 23.5 Å². The smallest absolute Gasteiger partial charge is 0.301 e. The van der Waals surface area contributed by atoms with Crippen molar-refractivity contribution in [3.63, 3.8) is 0 Å². The van der Waals surface area contributed by atoms with E-state index in [4.69, 9.17) is 4.89 Å². The van der Waals surface area contributed by atoms with E-state index in [1.165, 1.54) is 0 Å². The van der Waals surface area contributed by atoms with E-state index in [9.17, 15) is 4.57 Å². The van der Waals surface area contributed by atoms with Gasteiger partial charge in [-0.05, 0) is 6.92 Å². The zero-order valence-corrected chi connectivity index (χ0v) is 5.71. The fourth-order valence-corrected chi connectivity index (χ4v) is 1.07. The Balaban J connectivity index is 2.44. The van der Waals surface area contributed by atoms with Gasteiger partial charge in [-0.3, -0.25) is 4.52 Å². The Morgan fingerprint density at radius 1 is 1.78 bits per heavy atom. The molecule has 0 aromatic rings. The highest BCUT2D eigenvalue weighted by atomic mass is 31.2. The number of phosphoric acid groups is 1. The molecule has 0 spiro atoms. The molecule has 0 saturated carbocycles. The summed E-state index contributed by atoms with van der Waals surface area (Å²) in [5.74, 6) is 0. The maximum atomic E-state index is 10.4. The normalized spacial score (nSPS) is 44.9. The molecule has 9 heavy (non-hydrogen) atoms. The van der Waals surface area contributed by atoms with Crippen LogP contribution in [0.25, 0.3) is 0 Å². The fraction of sp³-hybridized carbons (Fsp3) is 1.00. The van der Waals surface area contributed by atoms with Crippen molar-refractivity contribution in [2.45, 2.75) is 13.0 Å². The van der Waals surface area contributed by atoms with Gasteiger partial charge in [-0.1, -0.05) is 0 Å². The molecule has 1 saturated heterocycles. The van der Waals surface area contributed by atoms with Crippen molar-refractivity contribution >= 4 is 7.82 Å². The van der Waals surface area contributed by atoms with Gasteiger partial charge >= 0.3 is 7.82 Å². The topological polar surface area (TPSA) is 65.0 Å². The van der Waals surface area contributed by atoms with Crippen LogP contribution in [0.3, 0.4) is 0 Å². The highest BCUT2D eigenvalue weighted by Gasteiger charge is 2.29. The summed E-state index contributed by atoms with van der Waals surface area (Å²) in [5, 5.41) is 0. The van der Waals surface area contributed by atoms with E-state index in [0.29, 0.717) is 0 Å². The molecule has 0 bridgehead atoms. The second-order valence-corrected chi connectivity index (χ2v) is 3.09. The summed E-state index contributed by atoms with van der Waals surface area (Å²) in [7, 11) is -3.85. The molecule has 1 heterocycles. The lowest BCUT2D eigenvalue weighted by Gasteiger charge is -2.20. The Bertz CT molecular complexity index is 133. The Labute approximate surface area is 52.1 Å². The van der Waals surface area contributed by atoms with E-state index < -0.39 is 7.82 Å². The van der Waals surface area contributed by atoms with Crippen LogP contribution in [0.15, 0.2) is 0 Å². The SMILES string of the molecule is CC1COP(=O)(O)OO1. The maximum absolute atomic E-state index is 10.4. The number of hydrogen-bond donors (Lipinski definition) is 1. The average Bonchev–Trinajstić information content (AvgIpc) is 1.78. The molecule has 1 fully saturated rings. The first-order valence-electron chi connectivity index (χ1n) is 2.42. The number of phosphoric ester groups is 1. The largest absolute Gasteiger partial charge is 0.499 e. The second kappa shape index (κ2) is 2.36. The molecule has 0 aliphatic carbocycles. The molecule has 1 N–H and O–H groups in total. The molecular formula is C3H7O5P. The van der Waals surface area contributed by atoms with Crippen LogP contribution in [0.2, 0.25) is 0 Å². The Morgan fingerprint density at radius 2 is 2.44 bits per heavy atom. The molecule has 54 valence electrons. The minimum absolute atomic E-state index is 0.0910. The van der Waals surface area contributed by atoms with Crippen LogP contribution >= 0.6 is 7.82 Å². The van der Waals surface area contributed by atoms with Gasteiger partial charge in [0, 0.05) is 0 Å². The minimum atomic E-state index is -3.85. The van der Waals surface area contributed by atoms with Crippen LogP contribution in [0.1, 0.15) is 6.92 Å². The molecule has 6 heteroatoms. The highest BCUT2D eigenvalue weighted by molar-refractivity contribution is 7.47.